The molecule has 0 N–H and O–H groups in total. The van der Waals surface area contributed by atoms with Crippen LogP contribution < -0.4 is 4.74 Å². The Morgan fingerprint density at radius 1 is 0.913 bits per heavy atom. The fourth-order valence-electron chi connectivity index (χ4n) is 3.25. The van der Waals surface area contributed by atoms with Crippen LogP contribution in [0.1, 0.15) is 28.4 Å². The van der Waals surface area contributed by atoms with Crippen LogP contribution in [0, 0.1) is 22.7 Å². The largest absolute Gasteiger partial charge is 0.485 e. The minimum atomic E-state index is -0.0596. The number of benzene rings is 3. The van der Waals surface area contributed by atoms with Gasteiger partial charge in [0.1, 0.15) is 24.0 Å². The third kappa shape index (κ3) is 2.11. The molecule has 0 saturated carbocycles. The molecule has 0 radical (unpaired) electrons. The highest BCUT2D eigenvalue weighted by Crippen LogP contribution is 2.39. The first-order chi connectivity index (χ1) is 11.3. The molecule has 1 aliphatic rings. The molecule has 0 heterocycles. The lowest BCUT2D eigenvalue weighted by molar-refractivity contribution is 0.213. The molecular weight excluding hydrogens is 284 g/mol. The third-order valence-electron chi connectivity index (χ3n) is 4.29. The van der Waals surface area contributed by atoms with Gasteiger partial charge in [0.05, 0.1) is 11.1 Å². The molecule has 3 aromatic carbocycles. The van der Waals surface area contributed by atoms with E-state index in [1.165, 1.54) is 21.9 Å². The second-order valence-corrected chi connectivity index (χ2v) is 5.60. The first-order valence-corrected chi connectivity index (χ1v) is 7.41. The molecule has 1 atom stereocenters. The Labute approximate surface area is 134 Å². The molecule has 0 saturated heterocycles. The Morgan fingerprint density at radius 3 is 2.48 bits per heavy atom. The molecule has 3 nitrogen and oxygen atoms in total. The topological polar surface area (TPSA) is 56.8 Å². The van der Waals surface area contributed by atoms with Crippen molar-refractivity contribution in [3.63, 3.8) is 0 Å². The van der Waals surface area contributed by atoms with Crippen molar-refractivity contribution in [2.75, 3.05) is 0 Å². The molecule has 108 valence electrons. The first kappa shape index (κ1) is 13.4. The second kappa shape index (κ2) is 5.16. The Bertz CT molecular complexity index is 1000. The smallest absolute Gasteiger partial charge is 0.128 e. The van der Waals surface area contributed by atoms with Crippen LogP contribution in [0.2, 0.25) is 0 Å². The van der Waals surface area contributed by atoms with Gasteiger partial charge in [0.25, 0.3) is 0 Å². The monoisotopic (exact) mass is 296 g/mol. The molecule has 3 heteroatoms. The van der Waals surface area contributed by atoms with Crippen molar-refractivity contribution < 1.29 is 4.74 Å². The lowest BCUT2D eigenvalue weighted by Gasteiger charge is -2.15. The van der Waals surface area contributed by atoms with Crippen LogP contribution in [-0.4, -0.2) is 0 Å². The summed E-state index contributed by atoms with van der Waals surface area (Å²) in [5, 5.41) is 20.6. The average Bonchev–Trinajstić information content (AvgIpc) is 2.95. The molecular formula is C20H12N2O. The minimum absolute atomic E-state index is 0.0596. The average molecular weight is 296 g/mol. The molecule has 3 aromatic rings. The zero-order valence-electron chi connectivity index (χ0n) is 12.3. The zero-order chi connectivity index (χ0) is 15.8. The van der Waals surface area contributed by atoms with E-state index in [9.17, 15) is 0 Å². The number of nitriles is 2. The number of rotatable bonds is 2. The Hall–Kier alpha value is -3.30. The molecule has 1 unspecified atom stereocenters. The van der Waals surface area contributed by atoms with E-state index in [2.05, 4.69) is 30.3 Å². The number of ether oxygens (including phenoxy) is 1. The second-order valence-electron chi connectivity index (χ2n) is 5.60. The SMILES string of the molecule is N#Cc1ccc(OC2Cc3cccc4cccc2c34)cc1C#N. The predicted octanol–water partition coefficient (Wildman–Crippen LogP) is 4.26. The minimum Gasteiger partial charge on any atom is -0.485 e. The highest BCUT2D eigenvalue weighted by Gasteiger charge is 2.25. The summed E-state index contributed by atoms with van der Waals surface area (Å²) in [4.78, 5) is 0. The van der Waals surface area contributed by atoms with Crippen LogP contribution in [0.5, 0.6) is 5.75 Å². The van der Waals surface area contributed by atoms with Gasteiger partial charge in [-0.2, -0.15) is 10.5 Å². The number of nitrogens with zero attached hydrogens (tertiary/aromatic N) is 2. The van der Waals surface area contributed by atoms with Crippen LogP contribution >= 0.6 is 0 Å². The standard InChI is InChI=1S/C20H12N2O/c21-11-15-7-8-17(9-16(15)12-22)23-19-10-14-5-1-3-13-4-2-6-18(19)20(13)14/h1-9,19H,10H2. The summed E-state index contributed by atoms with van der Waals surface area (Å²) in [5.74, 6) is 0.621. The Kier molecular flexibility index (Phi) is 3.00. The van der Waals surface area contributed by atoms with E-state index in [1.54, 1.807) is 18.2 Å². The fraction of sp³-hybridized carbons (Fsp3) is 0.100. The van der Waals surface area contributed by atoms with Gasteiger partial charge in [0, 0.05) is 12.0 Å². The van der Waals surface area contributed by atoms with Gasteiger partial charge in [0.15, 0.2) is 0 Å². The van der Waals surface area contributed by atoms with Crippen molar-refractivity contribution in [2.45, 2.75) is 12.5 Å². The van der Waals surface area contributed by atoms with Crippen molar-refractivity contribution in [1.82, 2.24) is 0 Å². The van der Waals surface area contributed by atoms with E-state index < -0.39 is 0 Å². The van der Waals surface area contributed by atoms with Gasteiger partial charge in [-0.3, -0.25) is 0 Å². The van der Waals surface area contributed by atoms with Crippen LogP contribution in [0.15, 0.2) is 54.6 Å². The molecule has 0 aliphatic heterocycles. The van der Waals surface area contributed by atoms with Crippen molar-refractivity contribution in [3.05, 3.63) is 76.9 Å². The Morgan fingerprint density at radius 2 is 1.70 bits per heavy atom. The van der Waals surface area contributed by atoms with Gasteiger partial charge < -0.3 is 4.74 Å². The summed E-state index contributed by atoms with van der Waals surface area (Å²) in [6.07, 6.45) is 0.758. The van der Waals surface area contributed by atoms with E-state index >= 15 is 0 Å². The predicted molar refractivity (Wildman–Crippen MR) is 86.9 cm³/mol. The van der Waals surface area contributed by atoms with E-state index in [0.717, 1.165) is 6.42 Å². The van der Waals surface area contributed by atoms with Gasteiger partial charge in [-0.1, -0.05) is 36.4 Å². The molecule has 0 fully saturated rings. The third-order valence-corrected chi connectivity index (χ3v) is 4.29. The number of hydrogen-bond donors (Lipinski definition) is 0. The number of hydrogen-bond acceptors (Lipinski definition) is 3. The van der Waals surface area contributed by atoms with Gasteiger partial charge in [-0.15, -0.1) is 0 Å². The van der Waals surface area contributed by atoms with Crippen molar-refractivity contribution in [3.8, 4) is 17.9 Å². The lowest BCUT2D eigenvalue weighted by atomic mass is 10.1. The first-order valence-electron chi connectivity index (χ1n) is 7.41. The van der Waals surface area contributed by atoms with Gasteiger partial charge in [0.2, 0.25) is 0 Å². The highest BCUT2D eigenvalue weighted by atomic mass is 16.5. The van der Waals surface area contributed by atoms with E-state index in [4.69, 9.17) is 15.3 Å². The quantitative estimate of drug-likeness (QED) is 0.710. The van der Waals surface area contributed by atoms with E-state index in [-0.39, 0.29) is 6.10 Å². The lowest BCUT2D eigenvalue weighted by Crippen LogP contribution is -2.06. The summed E-state index contributed by atoms with van der Waals surface area (Å²) in [6.45, 7) is 0. The molecule has 0 bridgehead atoms. The van der Waals surface area contributed by atoms with Gasteiger partial charge in [-0.25, -0.2) is 0 Å². The molecule has 0 amide bonds. The normalized spacial score (nSPS) is 15.1. The summed E-state index contributed by atoms with van der Waals surface area (Å²) in [5.41, 5.74) is 3.19. The highest BCUT2D eigenvalue weighted by molar-refractivity contribution is 5.91. The maximum absolute atomic E-state index is 9.14. The van der Waals surface area contributed by atoms with Crippen molar-refractivity contribution in [1.29, 1.82) is 10.5 Å². The summed E-state index contributed by atoms with van der Waals surface area (Å²) >= 11 is 0. The maximum Gasteiger partial charge on any atom is 0.128 e. The molecule has 0 spiro atoms. The molecule has 0 aromatic heterocycles. The van der Waals surface area contributed by atoms with Crippen LogP contribution in [0.25, 0.3) is 10.8 Å². The van der Waals surface area contributed by atoms with E-state index in [1.807, 2.05) is 18.2 Å². The maximum atomic E-state index is 9.14. The molecule has 23 heavy (non-hydrogen) atoms. The summed E-state index contributed by atoms with van der Waals surface area (Å²) in [6, 6.07) is 21.7. The van der Waals surface area contributed by atoms with E-state index in [0.29, 0.717) is 16.9 Å². The zero-order valence-corrected chi connectivity index (χ0v) is 12.3. The van der Waals surface area contributed by atoms with Crippen LogP contribution in [0.3, 0.4) is 0 Å². The fourth-order valence-corrected chi connectivity index (χ4v) is 3.25. The van der Waals surface area contributed by atoms with Crippen LogP contribution in [0.4, 0.5) is 0 Å². The molecule has 4 rings (SSSR count). The van der Waals surface area contributed by atoms with Gasteiger partial charge in [-0.05, 0) is 34.5 Å². The van der Waals surface area contributed by atoms with Gasteiger partial charge >= 0.3 is 0 Å². The summed E-state index contributed by atoms with van der Waals surface area (Å²) in [7, 11) is 0. The van der Waals surface area contributed by atoms with Crippen molar-refractivity contribution in [2.24, 2.45) is 0 Å². The summed E-state index contributed by atoms with van der Waals surface area (Å²) < 4.78 is 6.13. The molecule has 1 aliphatic carbocycles. The van der Waals surface area contributed by atoms with Crippen LogP contribution in [-0.2, 0) is 6.42 Å². The Balaban J connectivity index is 1.72. The van der Waals surface area contributed by atoms with Crippen molar-refractivity contribution >= 4 is 10.8 Å².